The zero-order valence-electron chi connectivity index (χ0n) is 17.7. The van der Waals surface area contributed by atoms with Crippen molar-refractivity contribution in [3.8, 4) is 0 Å². The number of carbonyl (C=O) groups excluding carboxylic acids is 1. The van der Waals surface area contributed by atoms with Crippen LogP contribution in [0, 0.1) is 12.8 Å². The van der Waals surface area contributed by atoms with Gasteiger partial charge in [-0.1, -0.05) is 26.3 Å². The molecule has 0 radical (unpaired) electrons. The molecule has 3 N–H and O–H groups in total. The Hall–Kier alpha value is -2.67. The summed E-state index contributed by atoms with van der Waals surface area (Å²) in [6.07, 6.45) is 4.11. The number of anilines is 1. The van der Waals surface area contributed by atoms with E-state index in [1.807, 2.05) is 24.3 Å². The second-order valence-corrected chi connectivity index (χ2v) is 9.43. The number of hydrogen-bond donors (Lipinski definition) is 3. The summed E-state index contributed by atoms with van der Waals surface area (Å²) in [7, 11) is 0. The molecule has 30 heavy (non-hydrogen) atoms. The zero-order chi connectivity index (χ0) is 21.3. The summed E-state index contributed by atoms with van der Waals surface area (Å²) in [6, 6.07) is 7.72. The van der Waals surface area contributed by atoms with E-state index in [1.165, 1.54) is 4.88 Å². The van der Waals surface area contributed by atoms with Gasteiger partial charge in [0, 0.05) is 22.2 Å². The lowest BCUT2D eigenvalue weighted by molar-refractivity contribution is 0.0951. The first-order chi connectivity index (χ1) is 14.4. The van der Waals surface area contributed by atoms with E-state index in [9.17, 15) is 9.59 Å². The molecule has 1 saturated carbocycles. The first-order valence-corrected chi connectivity index (χ1v) is 11.4. The van der Waals surface area contributed by atoms with Crippen molar-refractivity contribution in [1.29, 1.82) is 0 Å². The van der Waals surface area contributed by atoms with E-state index in [4.69, 9.17) is 4.98 Å². The fraction of sp³-hybridized carbons (Fsp3) is 0.435. The molecule has 0 bridgehead atoms. The number of nitrogens with one attached hydrogen (secondary N) is 3. The third-order valence-corrected chi connectivity index (χ3v) is 6.70. The Morgan fingerprint density at radius 1 is 1.37 bits per heavy atom. The fourth-order valence-electron chi connectivity index (χ4n) is 3.49. The van der Waals surface area contributed by atoms with Gasteiger partial charge in [-0.25, -0.2) is 4.98 Å². The van der Waals surface area contributed by atoms with Crippen LogP contribution in [0.25, 0.3) is 10.2 Å². The van der Waals surface area contributed by atoms with Crippen LogP contribution in [0.5, 0.6) is 0 Å². The first-order valence-electron chi connectivity index (χ1n) is 10.6. The lowest BCUT2D eigenvalue weighted by atomic mass is 9.98. The van der Waals surface area contributed by atoms with E-state index in [0.717, 1.165) is 47.2 Å². The summed E-state index contributed by atoms with van der Waals surface area (Å²) in [5, 5.41) is 7.01. The van der Waals surface area contributed by atoms with Crippen molar-refractivity contribution < 1.29 is 4.79 Å². The number of aryl methyl sites for hydroxylation is 1. The number of thiophene rings is 1. The number of nitrogens with zero attached hydrogens (tertiary/aromatic N) is 1. The highest BCUT2D eigenvalue weighted by molar-refractivity contribution is 7.18. The van der Waals surface area contributed by atoms with Gasteiger partial charge in [0.25, 0.3) is 11.5 Å². The Morgan fingerprint density at radius 2 is 2.17 bits per heavy atom. The largest absolute Gasteiger partial charge is 0.378 e. The van der Waals surface area contributed by atoms with Crippen molar-refractivity contribution in [3.05, 3.63) is 56.4 Å². The van der Waals surface area contributed by atoms with E-state index in [1.54, 1.807) is 11.3 Å². The lowest BCUT2D eigenvalue weighted by Crippen LogP contribution is -2.25. The minimum atomic E-state index is -0.0722. The molecular weight excluding hydrogens is 396 g/mol. The molecule has 4 rings (SSSR count). The number of aromatic nitrogens is 2. The van der Waals surface area contributed by atoms with Crippen molar-refractivity contribution in [1.82, 2.24) is 15.3 Å². The predicted molar refractivity (Wildman–Crippen MR) is 122 cm³/mol. The second-order valence-electron chi connectivity index (χ2n) is 8.23. The fourth-order valence-corrected chi connectivity index (χ4v) is 4.57. The Labute approximate surface area is 180 Å². The van der Waals surface area contributed by atoms with Gasteiger partial charge in [-0.15, -0.1) is 11.3 Å². The zero-order valence-corrected chi connectivity index (χ0v) is 18.5. The molecule has 1 unspecified atom stereocenters. The summed E-state index contributed by atoms with van der Waals surface area (Å²) in [5.74, 6) is 1.08. The van der Waals surface area contributed by atoms with Gasteiger partial charge < -0.3 is 15.6 Å². The molecule has 6 nitrogen and oxygen atoms in total. The van der Waals surface area contributed by atoms with Crippen LogP contribution in [-0.4, -0.2) is 21.9 Å². The Morgan fingerprint density at radius 3 is 2.90 bits per heavy atom. The predicted octanol–water partition coefficient (Wildman–Crippen LogP) is 4.39. The van der Waals surface area contributed by atoms with Crippen LogP contribution in [0.4, 0.5) is 5.69 Å². The summed E-state index contributed by atoms with van der Waals surface area (Å²) in [4.78, 5) is 34.6. The Balaban J connectivity index is 1.51. The lowest BCUT2D eigenvalue weighted by Gasteiger charge is -2.09. The average molecular weight is 425 g/mol. The van der Waals surface area contributed by atoms with E-state index in [2.05, 4.69) is 36.4 Å². The highest BCUT2D eigenvalue weighted by atomic mass is 32.1. The maximum absolute atomic E-state index is 12.8. The third kappa shape index (κ3) is 4.56. The number of rotatable bonds is 8. The van der Waals surface area contributed by atoms with Crippen LogP contribution in [0.1, 0.15) is 59.7 Å². The third-order valence-electron chi connectivity index (χ3n) is 5.66. The highest BCUT2D eigenvalue weighted by Crippen LogP contribution is 2.29. The van der Waals surface area contributed by atoms with E-state index in [0.29, 0.717) is 29.9 Å². The summed E-state index contributed by atoms with van der Waals surface area (Å²) < 4.78 is 0. The standard InChI is InChI=1S/C23H28N4O2S/c1-4-13(2)10-18-14(3)30-23-20(18)22(29)26-19(27-23)12-24-17-7-5-6-15(11-17)21(28)25-16-8-9-16/h5-7,11,13,16,24H,4,8-10,12H2,1-3H3,(H,25,28)(H,26,27,29). The molecule has 1 aliphatic carbocycles. The van der Waals surface area contributed by atoms with Gasteiger partial charge in [0.15, 0.2) is 0 Å². The number of benzene rings is 1. The summed E-state index contributed by atoms with van der Waals surface area (Å²) >= 11 is 1.59. The Bertz CT molecular complexity index is 1130. The molecule has 3 aromatic rings. The SMILES string of the molecule is CCC(C)Cc1c(C)sc2nc(CNc3cccc(C(=O)NC4CC4)c3)[nH]c(=O)c12. The number of carbonyl (C=O) groups is 1. The Kier molecular flexibility index (Phi) is 5.90. The topological polar surface area (TPSA) is 86.9 Å². The van der Waals surface area contributed by atoms with Crippen molar-refractivity contribution >= 4 is 33.1 Å². The molecule has 7 heteroatoms. The highest BCUT2D eigenvalue weighted by Gasteiger charge is 2.23. The number of aromatic amines is 1. The van der Waals surface area contributed by atoms with Gasteiger partial charge in [0.2, 0.25) is 0 Å². The maximum Gasteiger partial charge on any atom is 0.259 e. The summed E-state index contributed by atoms with van der Waals surface area (Å²) in [6.45, 7) is 6.84. The number of hydrogen-bond acceptors (Lipinski definition) is 5. The van der Waals surface area contributed by atoms with Gasteiger partial charge >= 0.3 is 0 Å². The van der Waals surface area contributed by atoms with Crippen molar-refractivity contribution in [2.24, 2.45) is 5.92 Å². The molecule has 158 valence electrons. The molecule has 1 amide bonds. The van der Waals surface area contributed by atoms with Gasteiger partial charge in [0.1, 0.15) is 10.7 Å². The van der Waals surface area contributed by atoms with Crippen LogP contribution < -0.4 is 16.2 Å². The molecule has 2 aromatic heterocycles. The molecule has 2 heterocycles. The maximum atomic E-state index is 12.8. The monoisotopic (exact) mass is 424 g/mol. The second kappa shape index (κ2) is 8.60. The molecule has 1 fully saturated rings. The molecule has 1 aliphatic rings. The van der Waals surface area contributed by atoms with Crippen LogP contribution in [0.3, 0.4) is 0 Å². The minimum absolute atomic E-state index is 0.0444. The molecular formula is C23H28N4O2S. The van der Waals surface area contributed by atoms with Crippen molar-refractivity contribution in [2.45, 2.75) is 59.0 Å². The van der Waals surface area contributed by atoms with Crippen LogP contribution >= 0.6 is 11.3 Å². The van der Waals surface area contributed by atoms with E-state index in [-0.39, 0.29) is 11.5 Å². The van der Waals surface area contributed by atoms with Gasteiger partial charge in [0.05, 0.1) is 11.9 Å². The van der Waals surface area contributed by atoms with Gasteiger partial charge in [-0.05, 0) is 55.9 Å². The van der Waals surface area contributed by atoms with Gasteiger partial charge in [-0.3, -0.25) is 9.59 Å². The van der Waals surface area contributed by atoms with Crippen LogP contribution in [0.2, 0.25) is 0 Å². The first kappa shape index (κ1) is 20.6. The average Bonchev–Trinajstić information content (AvgIpc) is 3.49. The molecule has 1 atom stereocenters. The van der Waals surface area contributed by atoms with Crippen molar-refractivity contribution in [3.63, 3.8) is 0 Å². The van der Waals surface area contributed by atoms with Crippen molar-refractivity contribution in [2.75, 3.05) is 5.32 Å². The molecule has 0 aliphatic heterocycles. The number of fused-ring (bicyclic) bond motifs is 1. The molecule has 0 spiro atoms. The van der Waals surface area contributed by atoms with Crippen LogP contribution in [0.15, 0.2) is 29.1 Å². The van der Waals surface area contributed by atoms with E-state index < -0.39 is 0 Å². The number of H-pyrrole nitrogens is 1. The van der Waals surface area contributed by atoms with E-state index >= 15 is 0 Å². The van der Waals surface area contributed by atoms with Crippen LogP contribution in [-0.2, 0) is 13.0 Å². The normalized spacial score (nSPS) is 14.6. The molecule has 1 aromatic carbocycles. The van der Waals surface area contributed by atoms with Gasteiger partial charge in [-0.2, -0.15) is 0 Å². The smallest absolute Gasteiger partial charge is 0.259 e. The quantitative estimate of drug-likeness (QED) is 0.501. The number of amides is 1. The summed E-state index contributed by atoms with van der Waals surface area (Å²) in [5.41, 5.74) is 2.51. The minimum Gasteiger partial charge on any atom is -0.378 e. The molecule has 0 saturated heterocycles.